The highest BCUT2D eigenvalue weighted by Crippen LogP contribution is 2.29. The Morgan fingerprint density at radius 3 is 2.09 bits per heavy atom. The Morgan fingerprint density at radius 1 is 0.851 bits per heavy atom. The third-order valence-electron chi connectivity index (χ3n) is 8.87. The van der Waals surface area contributed by atoms with E-state index in [1.807, 2.05) is 74.5 Å². The Hall–Kier alpha value is -3.69. The minimum Gasteiger partial charge on any atom is -0.445 e. The molecule has 47 heavy (non-hydrogen) atoms. The third-order valence-corrected chi connectivity index (χ3v) is 8.87. The summed E-state index contributed by atoms with van der Waals surface area (Å²) in [7, 11) is 0. The molecule has 0 spiro atoms. The van der Waals surface area contributed by atoms with Gasteiger partial charge in [-0.3, -0.25) is 9.59 Å². The van der Waals surface area contributed by atoms with Gasteiger partial charge in [-0.1, -0.05) is 120 Å². The minimum absolute atomic E-state index is 0.0484. The molecule has 0 saturated heterocycles. The number of hydrogen-bond acceptors (Lipinski definition) is 6. The van der Waals surface area contributed by atoms with Gasteiger partial charge in [-0.15, -0.1) is 0 Å². The molecule has 1 saturated carbocycles. The summed E-state index contributed by atoms with van der Waals surface area (Å²) < 4.78 is 5.42. The SMILES string of the molecule is C=C(C[C@H](O)[C@H](CC1CCCCC1)NC(=O)[C@H](C)C[C@H](O)[C@H](Cc1ccccc1)NC(=O)OCc1ccccc1)C(=O)NCC(C)C. The summed E-state index contributed by atoms with van der Waals surface area (Å²) in [6.45, 7) is 10.2. The van der Waals surface area contributed by atoms with Gasteiger partial charge in [-0.05, 0) is 42.2 Å². The Kier molecular flexibility index (Phi) is 16.0. The van der Waals surface area contributed by atoms with Crippen LogP contribution in [0, 0.1) is 17.8 Å². The molecule has 1 aliphatic carbocycles. The largest absolute Gasteiger partial charge is 0.445 e. The predicted octanol–water partition coefficient (Wildman–Crippen LogP) is 5.45. The van der Waals surface area contributed by atoms with E-state index in [0.717, 1.165) is 36.8 Å². The molecule has 0 aromatic heterocycles. The minimum atomic E-state index is -1.05. The number of benzene rings is 2. The van der Waals surface area contributed by atoms with Gasteiger partial charge in [0.1, 0.15) is 6.61 Å². The van der Waals surface area contributed by atoms with Gasteiger partial charge in [-0.2, -0.15) is 0 Å². The van der Waals surface area contributed by atoms with Crippen LogP contribution in [0.2, 0.25) is 0 Å². The molecule has 1 fully saturated rings. The zero-order valence-corrected chi connectivity index (χ0v) is 28.3. The molecule has 5 N–H and O–H groups in total. The predicted molar refractivity (Wildman–Crippen MR) is 184 cm³/mol. The van der Waals surface area contributed by atoms with Crippen LogP contribution < -0.4 is 16.0 Å². The third kappa shape index (κ3) is 13.9. The van der Waals surface area contributed by atoms with E-state index in [9.17, 15) is 24.6 Å². The lowest BCUT2D eigenvalue weighted by Crippen LogP contribution is -2.49. The Bertz CT molecular complexity index is 1250. The average molecular weight is 650 g/mol. The first-order chi connectivity index (χ1) is 22.5. The fourth-order valence-corrected chi connectivity index (χ4v) is 6.03. The van der Waals surface area contributed by atoms with Gasteiger partial charge in [-0.25, -0.2) is 4.79 Å². The molecule has 3 amide bonds. The van der Waals surface area contributed by atoms with Crippen LogP contribution in [0.4, 0.5) is 4.79 Å². The van der Waals surface area contributed by atoms with Crippen LogP contribution in [0.1, 0.15) is 83.3 Å². The molecule has 0 unspecified atom stereocenters. The number of carbonyl (C=O) groups is 3. The monoisotopic (exact) mass is 649 g/mol. The number of aliphatic hydroxyl groups is 2. The van der Waals surface area contributed by atoms with Crippen molar-refractivity contribution in [2.24, 2.45) is 17.8 Å². The maximum absolute atomic E-state index is 13.5. The van der Waals surface area contributed by atoms with Crippen LogP contribution in [0.5, 0.6) is 0 Å². The molecule has 2 aromatic rings. The van der Waals surface area contributed by atoms with Crippen LogP contribution in [0.3, 0.4) is 0 Å². The fraction of sp³-hybridized carbons (Fsp3) is 0.553. The molecule has 9 nitrogen and oxygen atoms in total. The van der Waals surface area contributed by atoms with Crippen molar-refractivity contribution < 1.29 is 29.3 Å². The topological polar surface area (TPSA) is 137 Å². The van der Waals surface area contributed by atoms with Gasteiger partial charge in [0.05, 0.1) is 24.3 Å². The Morgan fingerprint density at radius 2 is 1.47 bits per heavy atom. The summed E-state index contributed by atoms with van der Waals surface area (Å²) in [6, 6.07) is 17.6. The molecule has 9 heteroatoms. The van der Waals surface area contributed by atoms with E-state index in [1.54, 1.807) is 6.92 Å². The normalized spacial score (nSPS) is 16.7. The van der Waals surface area contributed by atoms with Crippen LogP contribution in [0.15, 0.2) is 72.8 Å². The molecule has 1 aliphatic rings. The lowest BCUT2D eigenvalue weighted by molar-refractivity contribution is -0.127. The second kappa shape index (κ2) is 19.9. The van der Waals surface area contributed by atoms with Crippen LogP contribution in [-0.4, -0.2) is 59.0 Å². The highest BCUT2D eigenvalue weighted by molar-refractivity contribution is 5.92. The van der Waals surface area contributed by atoms with Crippen molar-refractivity contribution >= 4 is 17.9 Å². The Labute approximate surface area is 280 Å². The average Bonchev–Trinajstić information content (AvgIpc) is 3.06. The highest BCUT2D eigenvalue weighted by Gasteiger charge is 2.31. The van der Waals surface area contributed by atoms with Crippen molar-refractivity contribution in [1.82, 2.24) is 16.0 Å². The number of nitrogens with one attached hydrogen (secondary N) is 3. The van der Waals surface area contributed by atoms with Gasteiger partial charge in [0.15, 0.2) is 0 Å². The zero-order valence-electron chi connectivity index (χ0n) is 28.3. The highest BCUT2D eigenvalue weighted by atomic mass is 16.5. The summed E-state index contributed by atoms with van der Waals surface area (Å²) in [5, 5.41) is 31.3. The van der Waals surface area contributed by atoms with Crippen molar-refractivity contribution in [3.05, 3.63) is 83.9 Å². The quantitative estimate of drug-likeness (QED) is 0.136. The van der Waals surface area contributed by atoms with Gasteiger partial charge in [0.2, 0.25) is 11.8 Å². The lowest BCUT2D eigenvalue weighted by Gasteiger charge is -2.32. The number of hydrogen-bond donors (Lipinski definition) is 5. The maximum atomic E-state index is 13.5. The molecule has 2 aromatic carbocycles. The standard InChI is InChI=1S/C38H55N3O6/c1-26(2)24-39-36(44)27(3)20-34(42)32(22-29-14-8-5-9-15-29)40-37(45)28(4)21-35(43)33(23-30-16-10-6-11-17-30)41-38(46)47-25-31-18-12-7-13-19-31/h6-7,10-13,16-19,26,28-29,32-35,42-43H,3,5,8-9,14-15,20-25H2,1-2,4H3,(H,39,44)(H,40,45)(H,41,46)/t28-,32+,33+,34+,35+/m1/s1. The fourth-order valence-electron chi connectivity index (χ4n) is 6.03. The van der Waals surface area contributed by atoms with Gasteiger partial charge in [0, 0.05) is 24.5 Å². The van der Waals surface area contributed by atoms with Gasteiger partial charge < -0.3 is 30.9 Å². The molecular weight excluding hydrogens is 594 g/mol. The number of ether oxygens (including phenoxy) is 1. The smallest absolute Gasteiger partial charge is 0.407 e. The van der Waals surface area contributed by atoms with Crippen molar-refractivity contribution in [3.63, 3.8) is 0 Å². The van der Waals surface area contributed by atoms with E-state index in [1.165, 1.54) is 6.42 Å². The van der Waals surface area contributed by atoms with E-state index in [2.05, 4.69) is 22.5 Å². The van der Waals surface area contributed by atoms with E-state index in [0.29, 0.717) is 25.3 Å². The lowest BCUT2D eigenvalue weighted by atomic mass is 9.82. The molecule has 0 aliphatic heterocycles. The first kappa shape index (κ1) is 37.8. The van der Waals surface area contributed by atoms with Gasteiger partial charge in [0.25, 0.3) is 0 Å². The summed E-state index contributed by atoms with van der Waals surface area (Å²) in [4.78, 5) is 38.9. The number of rotatable bonds is 18. The van der Waals surface area contributed by atoms with Crippen LogP contribution in [0.25, 0.3) is 0 Å². The second-order valence-electron chi connectivity index (χ2n) is 13.5. The first-order valence-corrected chi connectivity index (χ1v) is 17.1. The Balaban J connectivity index is 1.64. The van der Waals surface area contributed by atoms with E-state index in [-0.39, 0.29) is 42.8 Å². The summed E-state index contributed by atoms with van der Waals surface area (Å²) in [6.07, 6.45) is 3.91. The number of amides is 3. The van der Waals surface area contributed by atoms with E-state index < -0.39 is 36.3 Å². The van der Waals surface area contributed by atoms with Crippen LogP contribution >= 0.6 is 0 Å². The van der Waals surface area contributed by atoms with Gasteiger partial charge >= 0.3 is 6.09 Å². The summed E-state index contributed by atoms with van der Waals surface area (Å²) >= 11 is 0. The molecule has 0 bridgehead atoms. The van der Waals surface area contributed by atoms with Crippen molar-refractivity contribution in [3.8, 4) is 0 Å². The maximum Gasteiger partial charge on any atom is 0.407 e. The zero-order chi connectivity index (χ0) is 34.2. The van der Waals surface area contributed by atoms with E-state index >= 15 is 0 Å². The summed E-state index contributed by atoms with van der Waals surface area (Å²) in [5.41, 5.74) is 2.04. The molecular formula is C38H55N3O6. The first-order valence-electron chi connectivity index (χ1n) is 17.1. The van der Waals surface area contributed by atoms with Crippen molar-refractivity contribution in [1.29, 1.82) is 0 Å². The van der Waals surface area contributed by atoms with Crippen molar-refractivity contribution in [2.75, 3.05) is 6.54 Å². The molecule has 258 valence electrons. The molecule has 3 rings (SSSR count). The molecule has 0 heterocycles. The molecule has 5 atom stereocenters. The molecule has 0 radical (unpaired) electrons. The second-order valence-corrected chi connectivity index (χ2v) is 13.5. The number of aliphatic hydroxyl groups excluding tert-OH is 2. The van der Waals surface area contributed by atoms with Crippen molar-refractivity contribution in [2.45, 2.75) is 109 Å². The number of carbonyl (C=O) groups excluding carboxylic acids is 3. The summed E-state index contributed by atoms with van der Waals surface area (Å²) in [5.74, 6) is -0.563. The number of alkyl carbamates (subject to hydrolysis) is 1. The van der Waals surface area contributed by atoms with E-state index in [4.69, 9.17) is 4.74 Å². The van der Waals surface area contributed by atoms with Crippen LogP contribution in [-0.2, 0) is 27.4 Å².